The number of fused-ring (bicyclic) bond motifs is 1. The minimum absolute atomic E-state index is 0.0524. The minimum atomic E-state index is -3.81. The van der Waals surface area contributed by atoms with E-state index in [1.54, 1.807) is 47.4 Å². The van der Waals surface area contributed by atoms with Crippen LogP contribution in [0.25, 0.3) is 0 Å². The molecule has 1 heterocycles. The van der Waals surface area contributed by atoms with Crippen molar-refractivity contribution in [3.05, 3.63) is 77.3 Å². The summed E-state index contributed by atoms with van der Waals surface area (Å²) in [6, 6.07) is 16.9. The van der Waals surface area contributed by atoms with Gasteiger partial charge in [0.25, 0.3) is 5.91 Å². The summed E-state index contributed by atoms with van der Waals surface area (Å²) in [5.74, 6) is -0.199. The van der Waals surface area contributed by atoms with Gasteiger partial charge in [0.05, 0.1) is 16.3 Å². The lowest BCUT2D eigenvalue weighted by atomic mass is 10.1. The Bertz CT molecular complexity index is 1400. The summed E-state index contributed by atoms with van der Waals surface area (Å²) in [4.78, 5) is 31.2. The smallest absolute Gasteiger partial charge is 0.308 e. The maximum Gasteiger partial charge on any atom is 0.323 e. The second-order valence-electron chi connectivity index (χ2n) is 7.37. The molecular formula is C23H20ClN5O4S. The lowest BCUT2D eigenvalue weighted by molar-refractivity contribution is -0.112. The molecule has 4 rings (SSSR count). The molecule has 0 spiro atoms. The maximum absolute atomic E-state index is 12.8. The molecule has 0 bridgehead atoms. The van der Waals surface area contributed by atoms with Crippen LogP contribution in [0.4, 0.5) is 27.5 Å². The molecule has 4 N–H and O–H groups in total. The topological polar surface area (TPSA) is 134 Å². The van der Waals surface area contributed by atoms with Gasteiger partial charge < -0.3 is 15.5 Å². The van der Waals surface area contributed by atoms with Crippen molar-refractivity contribution in [3.63, 3.8) is 0 Å². The molecule has 0 atom stereocenters. The Morgan fingerprint density at radius 1 is 1.00 bits per heavy atom. The van der Waals surface area contributed by atoms with E-state index < -0.39 is 16.1 Å². The molecule has 3 aromatic carbocycles. The number of hydrogen-bond donors (Lipinski definition) is 3. The number of nitrogens with two attached hydrogens (primary N) is 1. The third-order valence-electron chi connectivity index (χ3n) is 5.08. The lowest BCUT2D eigenvalue weighted by Gasteiger charge is -2.13. The zero-order valence-corrected chi connectivity index (χ0v) is 19.5. The van der Waals surface area contributed by atoms with Crippen LogP contribution in [0.3, 0.4) is 0 Å². The van der Waals surface area contributed by atoms with Crippen LogP contribution < -0.4 is 20.7 Å². The van der Waals surface area contributed by atoms with Crippen molar-refractivity contribution in [2.75, 3.05) is 22.1 Å². The summed E-state index contributed by atoms with van der Waals surface area (Å²) in [5.41, 5.74) is 3.18. The van der Waals surface area contributed by atoms with Gasteiger partial charge in [-0.2, -0.15) is 0 Å². The number of carbonyl (C=O) groups is 2. The molecule has 0 saturated carbocycles. The van der Waals surface area contributed by atoms with Gasteiger partial charge in [0.15, 0.2) is 0 Å². The monoisotopic (exact) mass is 497 g/mol. The van der Waals surface area contributed by atoms with Crippen LogP contribution >= 0.6 is 11.6 Å². The number of nitrogens with zero attached hydrogens (tertiary/aromatic N) is 2. The predicted octanol–water partition coefficient (Wildman–Crippen LogP) is 4.12. The van der Waals surface area contributed by atoms with Gasteiger partial charge in [-0.05, 0) is 73.7 Å². The summed E-state index contributed by atoms with van der Waals surface area (Å²) < 4.78 is 22.6. The highest BCUT2D eigenvalue weighted by molar-refractivity contribution is 7.89. The van der Waals surface area contributed by atoms with Crippen LogP contribution in [-0.2, 0) is 14.8 Å². The molecule has 34 heavy (non-hydrogen) atoms. The minimum Gasteiger partial charge on any atom is -0.308 e. The van der Waals surface area contributed by atoms with E-state index in [9.17, 15) is 18.0 Å². The number of halogens is 1. The molecular weight excluding hydrogens is 478 g/mol. The number of nitrogens with one attached hydrogen (secondary N) is 2. The first kappa shape index (κ1) is 23.4. The fraction of sp³-hybridized carbons (Fsp3) is 0.0870. The van der Waals surface area contributed by atoms with E-state index in [-0.39, 0.29) is 10.8 Å². The van der Waals surface area contributed by atoms with Gasteiger partial charge in [0, 0.05) is 28.5 Å². The summed E-state index contributed by atoms with van der Waals surface area (Å²) in [6.45, 7) is 2.40. The van der Waals surface area contributed by atoms with Crippen molar-refractivity contribution in [3.8, 4) is 0 Å². The number of carbonyl (C=O) groups excluding carboxylic acids is 2. The van der Waals surface area contributed by atoms with Crippen LogP contribution in [0.5, 0.6) is 0 Å². The van der Waals surface area contributed by atoms with Crippen molar-refractivity contribution in [1.82, 2.24) is 0 Å². The third kappa shape index (κ3) is 4.93. The Morgan fingerprint density at radius 2 is 1.59 bits per heavy atom. The summed E-state index contributed by atoms with van der Waals surface area (Å²) >= 11 is 6.12. The summed E-state index contributed by atoms with van der Waals surface area (Å²) in [7, 11) is -3.81. The molecule has 0 aromatic heterocycles. The standard InChI is InChI=1S/C23H20ClN5O4S/c1-2-29-20-12-3-14(24)13-19(20)21(22(29)30)26-15-4-6-16(7-5-15)27-23(31)28-17-8-10-18(11-9-17)34(25,32)33/h3-13H,2H2,1H3,(H2,25,32,33)(H2,27,28,31). The van der Waals surface area contributed by atoms with Crippen molar-refractivity contribution >= 4 is 62.0 Å². The molecule has 11 heteroatoms. The number of rotatable bonds is 5. The fourth-order valence-electron chi connectivity index (χ4n) is 3.48. The molecule has 3 amide bonds. The van der Waals surface area contributed by atoms with Gasteiger partial charge >= 0.3 is 6.03 Å². The lowest BCUT2D eigenvalue weighted by Crippen LogP contribution is -2.29. The Labute approximate surface area is 201 Å². The summed E-state index contributed by atoms with van der Waals surface area (Å²) in [6.07, 6.45) is 0. The maximum atomic E-state index is 12.8. The SMILES string of the molecule is CCN1C(=O)C(=Nc2ccc(NC(=O)Nc3ccc(S(N)(=O)=O)cc3)cc2)c2cc(Cl)ccc21. The van der Waals surface area contributed by atoms with Crippen molar-refractivity contribution in [1.29, 1.82) is 0 Å². The van der Waals surface area contributed by atoms with Crippen molar-refractivity contribution in [2.45, 2.75) is 11.8 Å². The predicted molar refractivity (Wildman–Crippen MR) is 133 cm³/mol. The number of sulfonamides is 1. The van der Waals surface area contributed by atoms with Crippen molar-refractivity contribution < 1.29 is 18.0 Å². The molecule has 1 aliphatic heterocycles. The Balaban J connectivity index is 1.46. The molecule has 3 aromatic rings. The first-order valence-electron chi connectivity index (χ1n) is 10.2. The first-order valence-corrected chi connectivity index (χ1v) is 12.1. The van der Waals surface area contributed by atoms with Crippen LogP contribution in [-0.4, -0.2) is 32.6 Å². The first-order chi connectivity index (χ1) is 16.2. The molecule has 0 radical (unpaired) electrons. The number of aliphatic imine (C=N–C) groups is 1. The highest BCUT2D eigenvalue weighted by atomic mass is 35.5. The molecule has 0 saturated heterocycles. The summed E-state index contributed by atoms with van der Waals surface area (Å²) in [5, 5.41) is 10.8. The number of hydrogen-bond acceptors (Lipinski definition) is 5. The highest BCUT2D eigenvalue weighted by Gasteiger charge is 2.33. The number of primary sulfonamides is 1. The number of likely N-dealkylation sites (N-methyl/N-ethyl adjacent to an activating group) is 1. The van der Waals surface area contributed by atoms with E-state index in [4.69, 9.17) is 16.7 Å². The zero-order chi connectivity index (χ0) is 24.5. The third-order valence-corrected chi connectivity index (χ3v) is 6.24. The van der Waals surface area contributed by atoms with Crippen LogP contribution in [0.1, 0.15) is 12.5 Å². The average Bonchev–Trinajstić information content (AvgIpc) is 3.04. The molecule has 0 fully saturated rings. The van der Waals surface area contributed by atoms with Crippen LogP contribution in [0.2, 0.25) is 5.02 Å². The van der Waals surface area contributed by atoms with Gasteiger partial charge in [-0.15, -0.1) is 0 Å². The van der Waals surface area contributed by atoms with Gasteiger partial charge in [-0.1, -0.05) is 11.6 Å². The van der Waals surface area contributed by atoms with E-state index >= 15 is 0 Å². The quantitative estimate of drug-likeness (QED) is 0.488. The largest absolute Gasteiger partial charge is 0.323 e. The normalized spacial score (nSPS) is 14.3. The number of urea groups is 1. The molecule has 174 valence electrons. The van der Waals surface area contributed by atoms with E-state index in [0.717, 1.165) is 5.69 Å². The van der Waals surface area contributed by atoms with Gasteiger partial charge in [-0.3, -0.25) is 4.79 Å². The Morgan fingerprint density at radius 3 is 2.15 bits per heavy atom. The number of anilines is 3. The Hall–Kier alpha value is -3.73. The van der Waals surface area contributed by atoms with E-state index in [1.165, 1.54) is 24.3 Å². The van der Waals surface area contributed by atoms with E-state index in [0.29, 0.717) is 39.9 Å². The number of benzene rings is 3. The van der Waals surface area contributed by atoms with Gasteiger partial charge in [0.1, 0.15) is 5.71 Å². The van der Waals surface area contributed by atoms with Gasteiger partial charge in [0.2, 0.25) is 10.0 Å². The molecule has 1 aliphatic rings. The Kier molecular flexibility index (Phi) is 6.38. The second-order valence-corrected chi connectivity index (χ2v) is 9.36. The molecule has 9 nitrogen and oxygen atoms in total. The molecule has 0 unspecified atom stereocenters. The number of amides is 3. The second kappa shape index (κ2) is 9.26. The zero-order valence-electron chi connectivity index (χ0n) is 17.9. The van der Waals surface area contributed by atoms with Crippen LogP contribution in [0.15, 0.2) is 76.6 Å². The van der Waals surface area contributed by atoms with Crippen LogP contribution in [0, 0.1) is 0 Å². The van der Waals surface area contributed by atoms with Crippen molar-refractivity contribution in [2.24, 2.45) is 10.1 Å². The van der Waals surface area contributed by atoms with E-state index in [2.05, 4.69) is 15.6 Å². The highest BCUT2D eigenvalue weighted by Crippen LogP contribution is 2.33. The van der Waals surface area contributed by atoms with Gasteiger partial charge in [-0.25, -0.2) is 23.3 Å². The van der Waals surface area contributed by atoms with E-state index in [1.807, 2.05) is 6.92 Å². The average molecular weight is 498 g/mol. The fourth-order valence-corrected chi connectivity index (χ4v) is 4.17. The molecule has 0 aliphatic carbocycles.